The Morgan fingerprint density at radius 3 is 2.04 bits per heavy atom. The molecule has 5 aromatic heterocycles. The van der Waals surface area contributed by atoms with Crippen molar-refractivity contribution in [1.82, 2.24) is 24.1 Å². The van der Waals surface area contributed by atoms with Crippen molar-refractivity contribution in [1.29, 1.82) is 0 Å². The summed E-state index contributed by atoms with van der Waals surface area (Å²) < 4.78 is 13.2. The molecular weight excluding hydrogens is 707 g/mol. The molecule has 0 amide bonds. The van der Waals surface area contributed by atoms with Gasteiger partial charge in [-0.3, -0.25) is 0 Å². The van der Waals surface area contributed by atoms with Crippen molar-refractivity contribution in [2.75, 3.05) is 0 Å². The molecule has 0 unspecified atom stereocenters. The van der Waals surface area contributed by atoms with E-state index in [4.69, 9.17) is 19.5 Å². The van der Waals surface area contributed by atoms with E-state index in [-0.39, 0.29) is 0 Å². The van der Waals surface area contributed by atoms with Gasteiger partial charge in [0.25, 0.3) is 5.78 Å². The van der Waals surface area contributed by atoms with E-state index in [2.05, 4.69) is 138 Å². The lowest BCUT2D eigenvalue weighted by molar-refractivity contribution is 0.669. The van der Waals surface area contributed by atoms with E-state index in [1.807, 2.05) is 46.2 Å². The molecule has 0 aliphatic heterocycles. The van der Waals surface area contributed by atoms with Gasteiger partial charge in [0.1, 0.15) is 11.2 Å². The smallest absolute Gasteiger partial charge is 0.253 e. The van der Waals surface area contributed by atoms with E-state index in [0.29, 0.717) is 11.6 Å². The number of fused-ring (bicyclic) bond motifs is 16. The molecule has 0 bridgehead atoms. The summed E-state index contributed by atoms with van der Waals surface area (Å²) in [7, 11) is 0. The van der Waals surface area contributed by atoms with Gasteiger partial charge in [-0.05, 0) is 59.3 Å². The van der Waals surface area contributed by atoms with Crippen molar-refractivity contribution in [2.45, 2.75) is 0 Å². The molecule has 0 fully saturated rings. The highest BCUT2D eigenvalue weighted by Crippen LogP contribution is 2.48. The maximum absolute atomic E-state index is 6.29. The molecule has 13 rings (SSSR count). The average molecular weight is 734 g/mol. The zero-order chi connectivity index (χ0) is 36.5. The molecule has 6 nitrogen and oxygen atoms in total. The fourth-order valence-electron chi connectivity index (χ4n) is 9.00. The topological polar surface area (TPSA) is 61.2 Å². The second kappa shape index (κ2) is 11.1. The standard InChI is InChI=1S/C49H27N5OS/c1-2-15-32-31(14-1)43-33-16-3-8-20-37(33)53(46(43)47-44(32)36-19-7-12-24-42(36)56-47)38-21-9-5-18-35(38)48-51-49-50-45(34-17-4-10-22-39(34)54(49)52-48)28-25-26-30-29-13-6-11-23-40(29)55-41(30)27-28/h1-27H. The Bertz CT molecular complexity index is 3790. The van der Waals surface area contributed by atoms with Crippen LogP contribution in [0.15, 0.2) is 168 Å². The predicted octanol–water partition coefficient (Wildman–Crippen LogP) is 13.1. The van der Waals surface area contributed by atoms with Crippen LogP contribution >= 0.6 is 11.3 Å². The number of hydrogen-bond acceptors (Lipinski definition) is 5. The molecule has 8 aromatic carbocycles. The van der Waals surface area contributed by atoms with Crippen LogP contribution in [-0.2, 0) is 0 Å². The lowest BCUT2D eigenvalue weighted by Gasteiger charge is -2.13. The van der Waals surface area contributed by atoms with Crippen LogP contribution in [0, 0.1) is 0 Å². The highest BCUT2D eigenvalue weighted by molar-refractivity contribution is 7.27. The van der Waals surface area contributed by atoms with E-state index >= 15 is 0 Å². The quantitative estimate of drug-likeness (QED) is 0.181. The van der Waals surface area contributed by atoms with E-state index in [9.17, 15) is 0 Å². The maximum atomic E-state index is 6.29. The lowest BCUT2D eigenvalue weighted by atomic mass is 9.99. The molecule has 5 heterocycles. The molecule has 0 aliphatic rings. The summed E-state index contributed by atoms with van der Waals surface area (Å²) in [5, 5.41) is 16.0. The number of hydrogen-bond donors (Lipinski definition) is 0. The molecule has 0 radical (unpaired) electrons. The number of nitrogens with zero attached hydrogens (tertiary/aromatic N) is 5. The van der Waals surface area contributed by atoms with Crippen molar-refractivity contribution in [3.05, 3.63) is 164 Å². The first-order valence-corrected chi connectivity index (χ1v) is 19.5. The molecular formula is C49H27N5OS. The van der Waals surface area contributed by atoms with E-state index in [1.54, 1.807) is 0 Å². The summed E-state index contributed by atoms with van der Waals surface area (Å²) in [6, 6.07) is 57.7. The predicted molar refractivity (Wildman–Crippen MR) is 231 cm³/mol. The maximum Gasteiger partial charge on any atom is 0.253 e. The fourth-order valence-corrected chi connectivity index (χ4v) is 10.3. The number of benzene rings is 8. The Labute approximate surface area is 322 Å². The zero-order valence-corrected chi connectivity index (χ0v) is 30.5. The molecule has 0 aliphatic carbocycles. The van der Waals surface area contributed by atoms with Gasteiger partial charge in [0.15, 0.2) is 5.82 Å². The van der Waals surface area contributed by atoms with Crippen LogP contribution in [0.4, 0.5) is 0 Å². The van der Waals surface area contributed by atoms with Crippen LogP contribution < -0.4 is 0 Å². The number of thiophene rings is 1. The summed E-state index contributed by atoms with van der Waals surface area (Å²) in [5.41, 5.74) is 8.72. The second-order valence-corrected chi connectivity index (χ2v) is 15.4. The molecule has 260 valence electrons. The molecule has 13 aromatic rings. The summed E-state index contributed by atoms with van der Waals surface area (Å²) >= 11 is 1.87. The minimum absolute atomic E-state index is 0.535. The Hall–Kier alpha value is -7.35. The summed E-state index contributed by atoms with van der Waals surface area (Å²) in [6.45, 7) is 0. The Kier molecular flexibility index (Phi) is 5.95. The Balaban J connectivity index is 1.08. The molecule has 56 heavy (non-hydrogen) atoms. The molecule has 0 spiro atoms. The first-order valence-electron chi connectivity index (χ1n) is 18.7. The Morgan fingerprint density at radius 2 is 1.16 bits per heavy atom. The minimum atomic E-state index is 0.535. The van der Waals surface area contributed by atoms with Crippen molar-refractivity contribution >= 4 is 103 Å². The van der Waals surface area contributed by atoms with Gasteiger partial charge in [0, 0.05) is 53.5 Å². The highest BCUT2D eigenvalue weighted by Gasteiger charge is 2.24. The minimum Gasteiger partial charge on any atom is -0.456 e. The molecule has 0 saturated heterocycles. The summed E-state index contributed by atoms with van der Waals surface area (Å²) in [4.78, 5) is 10.4. The zero-order valence-electron chi connectivity index (χ0n) is 29.6. The van der Waals surface area contributed by atoms with Crippen molar-refractivity contribution in [2.24, 2.45) is 0 Å². The van der Waals surface area contributed by atoms with Gasteiger partial charge < -0.3 is 8.98 Å². The van der Waals surface area contributed by atoms with E-state index in [0.717, 1.165) is 60.9 Å². The number of furan rings is 1. The normalized spacial score (nSPS) is 12.3. The van der Waals surface area contributed by atoms with Crippen LogP contribution in [0.5, 0.6) is 0 Å². The van der Waals surface area contributed by atoms with Crippen LogP contribution in [-0.4, -0.2) is 24.1 Å². The highest BCUT2D eigenvalue weighted by atomic mass is 32.1. The van der Waals surface area contributed by atoms with E-state index in [1.165, 1.54) is 47.2 Å². The van der Waals surface area contributed by atoms with Crippen LogP contribution in [0.3, 0.4) is 0 Å². The van der Waals surface area contributed by atoms with Gasteiger partial charge in [0.2, 0.25) is 0 Å². The second-order valence-electron chi connectivity index (χ2n) is 14.4. The van der Waals surface area contributed by atoms with Crippen molar-refractivity contribution in [3.63, 3.8) is 0 Å². The largest absolute Gasteiger partial charge is 0.456 e. The van der Waals surface area contributed by atoms with Crippen LogP contribution in [0.25, 0.3) is 120 Å². The molecule has 0 atom stereocenters. The average Bonchev–Trinajstić information content (AvgIpc) is 4.04. The number of para-hydroxylation sites is 4. The van der Waals surface area contributed by atoms with Gasteiger partial charge in [-0.1, -0.05) is 115 Å². The van der Waals surface area contributed by atoms with Crippen LogP contribution in [0.2, 0.25) is 0 Å². The van der Waals surface area contributed by atoms with Gasteiger partial charge in [0.05, 0.1) is 32.6 Å². The molecule has 7 heteroatoms. The third kappa shape index (κ3) is 4.01. The fraction of sp³-hybridized carbons (Fsp3) is 0. The SMILES string of the molecule is c1ccc(-n2c3ccccc3c3c4ccccc4c4c5ccccc5sc4c32)c(-c2nc3nc(-c4ccc5c(c4)oc4ccccc45)c4ccccc4n3n2)c1. The number of aromatic nitrogens is 5. The van der Waals surface area contributed by atoms with Gasteiger partial charge in [-0.2, -0.15) is 9.50 Å². The van der Waals surface area contributed by atoms with Crippen molar-refractivity contribution in [3.8, 4) is 28.3 Å². The number of rotatable bonds is 3. The third-order valence-electron chi connectivity index (χ3n) is 11.4. The van der Waals surface area contributed by atoms with Crippen LogP contribution in [0.1, 0.15) is 0 Å². The monoisotopic (exact) mass is 733 g/mol. The third-order valence-corrected chi connectivity index (χ3v) is 12.6. The summed E-state index contributed by atoms with van der Waals surface area (Å²) in [6.07, 6.45) is 0. The molecule has 0 N–H and O–H groups in total. The van der Waals surface area contributed by atoms with E-state index < -0.39 is 0 Å². The van der Waals surface area contributed by atoms with Gasteiger partial charge >= 0.3 is 0 Å². The van der Waals surface area contributed by atoms with Gasteiger partial charge in [-0.15, -0.1) is 16.4 Å². The first kappa shape index (κ1) is 30.0. The summed E-state index contributed by atoms with van der Waals surface area (Å²) in [5.74, 6) is 1.15. The van der Waals surface area contributed by atoms with Gasteiger partial charge in [-0.25, -0.2) is 4.98 Å². The molecule has 0 saturated carbocycles. The lowest BCUT2D eigenvalue weighted by Crippen LogP contribution is -1.98. The Morgan fingerprint density at radius 1 is 0.500 bits per heavy atom. The van der Waals surface area contributed by atoms with Crippen molar-refractivity contribution < 1.29 is 4.42 Å². The first-order chi connectivity index (χ1) is 27.8.